The van der Waals surface area contributed by atoms with Crippen LogP contribution in [0.3, 0.4) is 0 Å². The van der Waals surface area contributed by atoms with E-state index in [1.165, 1.54) is 0 Å². The molecule has 0 spiro atoms. The number of amides is 1. The van der Waals surface area contributed by atoms with Crippen LogP contribution < -0.4 is 10.6 Å². The van der Waals surface area contributed by atoms with Gasteiger partial charge in [0.25, 0.3) is 5.91 Å². The molecular weight excluding hydrogens is 252 g/mol. The van der Waals surface area contributed by atoms with Crippen LogP contribution in [0.5, 0.6) is 0 Å². The van der Waals surface area contributed by atoms with Crippen molar-refractivity contribution in [2.45, 2.75) is 0 Å². The highest BCUT2D eigenvalue weighted by atomic mass is 16.1. The van der Waals surface area contributed by atoms with Gasteiger partial charge in [0.05, 0.1) is 6.54 Å². The summed E-state index contributed by atoms with van der Waals surface area (Å²) in [5.74, 6) is 0.697. The SMILES string of the molecule is O=C(Nc1ccc(C2=NCCN2)cc1)c1ccccn1. The van der Waals surface area contributed by atoms with E-state index in [-0.39, 0.29) is 5.91 Å². The third-order valence-corrected chi connectivity index (χ3v) is 2.99. The van der Waals surface area contributed by atoms with E-state index >= 15 is 0 Å². The van der Waals surface area contributed by atoms with E-state index in [4.69, 9.17) is 0 Å². The minimum Gasteiger partial charge on any atom is -0.368 e. The van der Waals surface area contributed by atoms with E-state index in [1.807, 2.05) is 24.3 Å². The third-order valence-electron chi connectivity index (χ3n) is 2.99. The van der Waals surface area contributed by atoms with Crippen LogP contribution in [-0.4, -0.2) is 29.8 Å². The van der Waals surface area contributed by atoms with Gasteiger partial charge in [-0.1, -0.05) is 6.07 Å². The highest BCUT2D eigenvalue weighted by Crippen LogP contribution is 2.12. The summed E-state index contributed by atoms with van der Waals surface area (Å²) in [6.45, 7) is 1.70. The first-order chi connectivity index (χ1) is 9.83. The van der Waals surface area contributed by atoms with Crippen LogP contribution in [0.25, 0.3) is 0 Å². The molecule has 3 rings (SSSR count). The fourth-order valence-corrected chi connectivity index (χ4v) is 1.99. The second-order valence-electron chi connectivity index (χ2n) is 4.40. The molecule has 1 aliphatic heterocycles. The first kappa shape index (κ1) is 12.3. The Morgan fingerprint density at radius 1 is 1.15 bits per heavy atom. The van der Waals surface area contributed by atoms with Crippen molar-refractivity contribution in [1.29, 1.82) is 0 Å². The van der Waals surface area contributed by atoms with Crippen molar-refractivity contribution in [1.82, 2.24) is 10.3 Å². The number of pyridine rings is 1. The van der Waals surface area contributed by atoms with Gasteiger partial charge in [-0.2, -0.15) is 0 Å². The second kappa shape index (κ2) is 5.52. The Morgan fingerprint density at radius 3 is 2.65 bits per heavy atom. The van der Waals surface area contributed by atoms with Gasteiger partial charge in [0.1, 0.15) is 11.5 Å². The molecule has 1 aromatic carbocycles. The standard InChI is InChI=1S/C15H14N4O/c20-15(13-3-1-2-8-16-13)19-12-6-4-11(5-7-12)14-17-9-10-18-14/h1-8H,9-10H2,(H,17,18)(H,19,20). The maximum atomic E-state index is 11.9. The van der Waals surface area contributed by atoms with Gasteiger partial charge < -0.3 is 10.6 Å². The summed E-state index contributed by atoms with van der Waals surface area (Å²) in [5, 5.41) is 6.03. The number of amidine groups is 1. The zero-order chi connectivity index (χ0) is 13.8. The molecule has 20 heavy (non-hydrogen) atoms. The Labute approximate surface area is 116 Å². The van der Waals surface area contributed by atoms with Gasteiger partial charge in [0, 0.05) is 24.0 Å². The van der Waals surface area contributed by atoms with Gasteiger partial charge in [0.15, 0.2) is 0 Å². The zero-order valence-corrected chi connectivity index (χ0v) is 10.8. The molecule has 2 heterocycles. The van der Waals surface area contributed by atoms with Crippen molar-refractivity contribution in [3.8, 4) is 0 Å². The van der Waals surface area contributed by atoms with Crippen LogP contribution in [0, 0.1) is 0 Å². The second-order valence-corrected chi connectivity index (χ2v) is 4.40. The lowest BCUT2D eigenvalue weighted by Gasteiger charge is -2.06. The van der Waals surface area contributed by atoms with Crippen LogP contribution in [0.4, 0.5) is 5.69 Å². The summed E-state index contributed by atoms with van der Waals surface area (Å²) in [5.41, 5.74) is 2.17. The van der Waals surface area contributed by atoms with Gasteiger partial charge in [-0.05, 0) is 36.4 Å². The van der Waals surface area contributed by atoms with E-state index < -0.39 is 0 Å². The first-order valence-corrected chi connectivity index (χ1v) is 6.44. The Balaban J connectivity index is 1.71. The molecular formula is C15H14N4O. The van der Waals surface area contributed by atoms with Crippen LogP contribution in [0.15, 0.2) is 53.7 Å². The minimum atomic E-state index is -0.213. The largest absolute Gasteiger partial charge is 0.368 e. The number of hydrogen-bond acceptors (Lipinski definition) is 4. The molecule has 0 atom stereocenters. The number of anilines is 1. The van der Waals surface area contributed by atoms with E-state index in [9.17, 15) is 4.79 Å². The van der Waals surface area contributed by atoms with Crippen molar-refractivity contribution in [2.75, 3.05) is 18.4 Å². The molecule has 0 aliphatic carbocycles. The molecule has 2 aromatic rings. The smallest absolute Gasteiger partial charge is 0.274 e. The normalized spacial score (nSPS) is 13.5. The zero-order valence-electron chi connectivity index (χ0n) is 10.8. The first-order valence-electron chi connectivity index (χ1n) is 6.44. The Bertz CT molecular complexity index is 635. The Kier molecular flexibility index (Phi) is 3.41. The number of carbonyl (C=O) groups is 1. The molecule has 100 valence electrons. The summed E-state index contributed by atoms with van der Waals surface area (Å²) in [6, 6.07) is 12.8. The number of benzene rings is 1. The predicted octanol–water partition coefficient (Wildman–Crippen LogP) is 1.68. The third kappa shape index (κ3) is 2.66. The number of aliphatic imine (C=N–C) groups is 1. The number of rotatable bonds is 3. The van der Waals surface area contributed by atoms with Gasteiger partial charge in [-0.25, -0.2) is 0 Å². The summed E-state index contributed by atoms with van der Waals surface area (Å²) < 4.78 is 0. The van der Waals surface area contributed by atoms with Crippen LogP contribution in [0.1, 0.15) is 16.1 Å². The molecule has 1 aliphatic rings. The number of nitrogens with one attached hydrogen (secondary N) is 2. The van der Waals surface area contributed by atoms with E-state index in [2.05, 4.69) is 20.6 Å². The van der Waals surface area contributed by atoms with Gasteiger partial charge in [0.2, 0.25) is 0 Å². The molecule has 0 bridgehead atoms. The minimum absolute atomic E-state index is 0.213. The van der Waals surface area contributed by atoms with Crippen molar-refractivity contribution in [2.24, 2.45) is 4.99 Å². The topological polar surface area (TPSA) is 66.4 Å². The van der Waals surface area contributed by atoms with Gasteiger partial charge in [-0.15, -0.1) is 0 Å². The maximum Gasteiger partial charge on any atom is 0.274 e. The Hall–Kier alpha value is -2.69. The fraction of sp³-hybridized carbons (Fsp3) is 0.133. The predicted molar refractivity (Wildman–Crippen MR) is 78.0 cm³/mol. The van der Waals surface area contributed by atoms with Crippen LogP contribution >= 0.6 is 0 Å². The molecule has 1 amide bonds. The fourth-order valence-electron chi connectivity index (χ4n) is 1.99. The average molecular weight is 266 g/mol. The summed E-state index contributed by atoms with van der Waals surface area (Å²) >= 11 is 0. The molecule has 0 fully saturated rings. The molecule has 5 heteroatoms. The summed E-state index contributed by atoms with van der Waals surface area (Å²) in [7, 11) is 0. The lowest BCUT2D eigenvalue weighted by molar-refractivity contribution is 0.102. The molecule has 5 nitrogen and oxygen atoms in total. The monoisotopic (exact) mass is 266 g/mol. The van der Waals surface area contributed by atoms with E-state index in [0.29, 0.717) is 5.69 Å². The van der Waals surface area contributed by atoms with Crippen molar-refractivity contribution < 1.29 is 4.79 Å². The summed E-state index contributed by atoms with van der Waals surface area (Å²) in [6.07, 6.45) is 1.60. The lowest BCUT2D eigenvalue weighted by atomic mass is 10.2. The Morgan fingerprint density at radius 2 is 2.00 bits per heavy atom. The van der Waals surface area contributed by atoms with Crippen LogP contribution in [0.2, 0.25) is 0 Å². The quantitative estimate of drug-likeness (QED) is 0.888. The van der Waals surface area contributed by atoms with E-state index in [0.717, 1.165) is 30.2 Å². The number of hydrogen-bond donors (Lipinski definition) is 2. The highest BCUT2D eigenvalue weighted by Gasteiger charge is 2.09. The maximum absolute atomic E-state index is 11.9. The lowest BCUT2D eigenvalue weighted by Crippen LogP contribution is -2.19. The average Bonchev–Trinajstić information content (AvgIpc) is 3.03. The molecule has 0 saturated heterocycles. The number of aromatic nitrogens is 1. The molecule has 2 N–H and O–H groups in total. The van der Waals surface area contributed by atoms with E-state index in [1.54, 1.807) is 24.4 Å². The van der Waals surface area contributed by atoms with Gasteiger partial charge >= 0.3 is 0 Å². The molecule has 0 saturated carbocycles. The molecule has 0 radical (unpaired) electrons. The summed E-state index contributed by atoms with van der Waals surface area (Å²) in [4.78, 5) is 20.3. The van der Waals surface area contributed by atoms with Crippen molar-refractivity contribution >= 4 is 17.4 Å². The van der Waals surface area contributed by atoms with Crippen LogP contribution in [-0.2, 0) is 0 Å². The number of carbonyl (C=O) groups excluding carboxylic acids is 1. The van der Waals surface area contributed by atoms with Gasteiger partial charge in [-0.3, -0.25) is 14.8 Å². The van der Waals surface area contributed by atoms with Crippen molar-refractivity contribution in [3.05, 3.63) is 59.9 Å². The number of nitrogens with zero attached hydrogens (tertiary/aromatic N) is 2. The van der Waals surface area contributed by atoms with Crippen molar-refractivity contribution in [3.63, 3.8) is 0 Å². The molecule has 0 unspecified atom stereocenters. The molecule has 1 aromatic heterocycles. The highest BCUT2D eigenvalue weighted by molar-refractivity contribution is 6.03.